The number of nitrogens with zero attached hydrogens (tertiary/aromatic N) is 1. The molecule has 4 rings (SSSR count). The van der Waals surface area contributed by atoms with E-state index in [9.17, 15) is 27.6 Å². The minimum absolute atomic E-state index is 0.000243. The fraction of sp³-hybridized carbons (Fsp3) is 0.250. The molecule has 0 aliphatic carbocycles. The Morgan fingerprint density at radius 3 is 2.13 bits per heavy atom. The summed E-state index contributed by atoms with van der Waals surface area (Å²) in [6.07, 6.45) is 1.15. The van der Waals surface area contributed by atoms with Gasteiger partial charge in [0.05, 0.1) is 5.56 Å². The summed E-state index contributed by atoms with van der Waals surface area (Å²) in [6, 6.07) is 18.3. The van der Waals surface area contributed by atoms with Crippen LogP contribution >= 0.6 is 0 Å². The normalized spacial score (nSPS) is 13.7. The van der Waals surface area contributed by atoms with Crippen LogP contribution in [0.4, 0.5) is 24.5 Å². The number of nitrogens with one attached hydrogen (secondary N) is 2. The van der Waals surface area contributed by atoms with E-state index >= 15 is 0 Å². The number of rotatable bonds is 8. The Morgan fingerprint density at radius 1 is 0.868 bits per heavy atom. The summed E-state index contributed by atoms with van der Waals surface area (Å²) >= 11 is 0. The van der Waals surface area contributed by atoms with Crippen molar-refractivity contribution in [3.05, 3.63) is 89.7 Å². The number of halogens is 3. The molecule has 198 valence electrons. The minimum atomic E-state index is -3.04. The molecule has 1 fully saturated rings. The first kappa shape index (κ1) is 26.7. The number of para-hydroxylation sites is 1. The van der Waals surface area contributed by atoms with Crippen molar-refractivity contribution in [2.45, 2.75) is 31.8 Å². The van der Waals surface area contributed by atoms with Crippen LogP contribution in [0.15, 0.2) is 72.8 Å². The second kappa shape index (κ2) is 12.3. The van der Waals surface area contributed by atoms with Gasteiger partial charge in [-0.3, -0.25) is 14.4 Å². The molecule has 0 unspecified atom stereocenters. The summed E-state index contributed by atoms with van der Waals surface area (Å²) in [4.78, 5) is 39.0. The summed E-state index contributed by atoms with van der Waals surface area (Å²) in [5, 5.41) is 5.28. The SMILES string of the molecule is O=C(CC(=O)N1CCC(c2ccc(NC(=O)c3ccccc3OC(F)F)cc2)CC1)Nc1ccc(F)cc1. The summed E-state index contributed by atoms with van der Waals surface area (Å²) in [7, 11) is 0. The third-order valence-electron chi connectivity index (χ3n) is 6.28. The average molecular weight is 526 g/mol. The van der Waals surface area contributed by atoms with Crippen LogP contribution in [0.3, 0.4) is 0 Å². The summed E-state index contributed by atoms with van der Waals surface area (Å²) in [5.41, 5.74) is 1.98. The van der Waals surface area contributed by atoms with Crippen LogP contribution < -0.4 is 15.4 Å². The van der Waals surface area contributed by atoms with E-state index in [1.54, 1.807) is 23.1 Å². The maximum absolute atomic E-state index is 13.0. The van der Waals surface area contributed by atoms with Crippen LogP contribution in [0.25, 0.3) is 0 Å². The van der Waals surface area contributed by atoms with Crippen molar-refractivity contribution in [1.82, 2.24) is 4.90 Å². The van der Waals surface area contributed by atoms with Crippen molar-refractivity contribution in [1.29, 1.82) is 0 Å². The van der Waals surface area contributed by atoms with Gasteiger partial charge < -0.3 is 20.3 Å². The van der Waals surface area contributed by atoms with Crippen LogP contribution in [0.5, 0.6) is 5.75 Å². The maximum Gasteiger partial charge on any atom is 0.387 e. The number of hydrogen-bond acceptors (Lipinski definition) is 4. The van der Waals surface area contributed by atoms with Gasteiger partial charge in [0.2, 0.25) is 11.8 Å². The lowest BCUT2D eigenvalue weighted by atomic mass is 9.89. The number of ether oxygens (including phenoxy) is 1. The standard InChI is InChI=1S/C28H26F3N3O4/c29-20-7-11-21(12-8-20)32-25(35)17-26(36)34-15-13-19(14-16-34)18-5-9-22(10-6-18)33-27(37)23-3-1-2-4-24(23)38-28(30)31/h1-12,19,28H,13-17H2,(H,32,35)(H,33,37). The Kier molecular flexibility index (Phi) is 8.62. The first-order chi connectivity index (χ1) is 18.3. The van der Waals surface area contributed by atoms with E-state index in [0.29, 0.717) is 24.5 Å². The number of carbonyl (C=O) groups excluding carboxylic acids is 3. The second-order valence-electron chi connectivity index (χ2n) is 8.84. The Balaban J connectivity index is 1.26. The summed E-state index contributed by atoms with van der Waals surface area (Å²) in [6.45, 7) is -2.03. The van der Waals surface area contributed by atoms with E-state index in [-0.39, 0.29) is 29.6 Å². The van der Waals surface area contributed by atoms with Crippen LogP contribution in [0.1, 0.15) is 41.1 Å². The van der Waals surface area contributed by atoms with E-state index < -0.39 is 24.2 Å². The highest BCUT2D eigenvalue weighted by molar-refractivity contribution is 6.06. The van der Waals surface area contributed by atoms with Crippen LogP contribution in [-0.4, -0.2) is 42.3 Å². The Bertz CT molecular complexity index is 1280. The van der Waals surface area contributed by atoms with Crippen molar-refractivity contribution >= 4 is 29.1 Å². The lowest BCUT2D eigenvalue weighted by Gasteiger charge is -2.32. The molecule has 7 nitrogen and oxygen atoms in total. The van der Waals surface area contributed by atoms with Crippen LogP contribution in [0, 0.1) is 5.82 Å². The highest BCUT2D eigenvalue weighted by Gasteiger charge is 2.25. The molecule has 1 heterocycles. The zero-order valence-electron chi connectivity index (χ0n) is 20.3. The molecule has 1 aliphatic rings. The Morgan fingerprint density at radius 2 is 1.47 bits per heavy atom. The zero-order valence-corrected chi connectivity index (χ0v) is 20.3. The fourth-order valence-corrected chi connectivity index (χ4v) is 4.34. The molecule has 1 aliphatic heterocycles. The van der Waals surface area contributed by atoms with Crippen LogP contribution in [0.2, 0.25) is 0 Å². The molecule has 1 saturated heterocycles. The Labute approximate surface area is 217 Å². The zero-order chi connectivity index (χ0) is 27.1. The number of hydrogen-bond donors (Lipinski definition) is 2. The smallest absolute Gasteiger partial charge is 0.387 e. The number of anilines is 2. The van der Waals surface area contributed by atoms with Crippen molar-refractivity contribution in [3.63, 3.8) is 0 Å². The van der Waals surface area contributed by atoms with Crippen molar-refractivity contribution in [3.8, 4) is 5.75 Å². The summed E-state index contributed by atoms with van der Waals surface area (Å²) < 4.78 is 42.7. The molecule has 10 heteroatoms. The fourth-order valence-electron chi connectivity index (χ4n) is 4.34. The first-order valence-electron chi connectivity index (χ1n) is 12.1. The van der Waals surface area contributed by atoms with E-state index in [4.69, 9.17) is 0 Å². The van der Waals surface area contributed by atoms with Crippen molar-refractivity contribution in [2.24, 2.45) is 0 Å². The number of likely N-dealkylation sites (tertiary alicyclic amines) is 1. The second-order valence-corrected chi connectivity index (χ2v) is 8.84. The number of amides is 3. The highest BCUT2D eigenvalue weighted by Crippen LogP contribution is 2.29. The molecule has 3 aromatic carbocycles. The molecule has 0 saturated carbocycles. The molecule has 3 aromatic rings. The average Bonchev–Trinajstić information content (AvgIpc) is 2.90. The van der Waals surface area contributed by atoms with Gasteiger partial charge in [0.15, 0.2) is 0 Å². The first-order valence-corrected chi connectivity index (χ1v) is 12.1. The van der Waals surface area contributed by atoms with Gasteiger partial charge in [0.1, 0.15) is 18.0 Å². The van der Waals surface area contributed by atoms with Gasteiger partial charge in [-0.05, 0) is 72.9 Å². The van der Waals surface area contributed by atoms with Gasteiger partial charge in [-0.15, -0.1) is 0 Å². The van der Waals surface area contributed by atoms with Gasteiger partial charge in [0, 0.05) is 24.5 Å². The van der Waals surface area contributed by atoms with Gasteiger partial charge in [-0.2, -0.15) is 8.78 Å². The summed E-state index contributed by atoms with van der Waals surface area (Å²) in [5.74, 6) is -1.70. The van der Waals surface area contributed by atoms with Crippen molar-refractivity contribution in [2.75, 3.05) is 23.7 Å². The topological polar surface area (TPSA) is 87.7 Å². The number of carbonyl (C=O) groups is 3. The lowest BCUT2D eigenvalue weighted by molar-refractivity contribution is -0.135. The Hall–Kier alpha value is -4.34. The van der Waals surface area contributed by atoms with Gasteiger partial charge in [0.25, 0.3) is 5.91 Å². The third kappa shape index (κ3) is 7.12. The van der Waals surface area contributed by atoms with E-state index in [2.05, 4.69) is 15.4 Å². The molecular formula is C28H26F3N3O4. The van der Waals surface area contributed by atoms with Gasteiger partial charge in [-0.1, -0.05) is 24.3 Å². The molecule has 0 atom stereocenters. The molecule has 0 bridgehead atoms. The van der Waals surface area contributed by atoms with Crippen molar-refractivity contribution < 1.29 is 32.3 Å². The molecule has 0 aromatic heterocycles. The molecule has 38 heavy (non-hydrogen) atoms. The van der Waals surface area contributed by atoms with E-state index in [1.807, 2.05) is 12.1 Å². The largest absolute Gasteiger partial charge is 0.434 e. The molecule has 0 radical (unpaired) electrons. The van der Waals surface area contributed by atoms with Gasteiger partial charge >= 0.3 is 6.61 Å². The van der Waals surface area contributed by atoms with E-state index in [1.165, 1.54) is 42.5 Å². The number of piperidine rings is 1. The molecule has 3 amide bonds. The highest BCUT2D eigenvalue weighted by atomic mass is 19.3. The maximum atomic E-state index is 13.0. The monoisotopic (exact) mass is 525 g/mol. The number of alkyl halides is 2. The third-order valence-corrected chi connectivity index (χ3v) is 6.28. The number of benzene rings is 3. The predicted octanol–water partition coefficient (Wildman–Crippen LogP) is 5.41. The lowest BCUT2D eigenvalue weighted by Crippen LogP contribution is -2.39. The van der Waals surface area contributed by atoms with E-state index in [0.717, 1.165) is 18.4 Å². The quantitative estimate of drug-likeness (QED) is 0.385. The minimum Gasteiger partial charge on any atom is -0.434 e. The predicted molar refractivity (Wildman–Crippen MR) is 136 cm³/mol. The van der Waals surface area contributed by atoms with Gasteiger partial charge in [-0.25, -0.2) is 4.39 Å². The van der Waals surface area contributed by atoms with Crippen LogP contribution in [-0.2, 0) is 9.59 Å². The molecule has 2 N–H and O–H groups in total. The molecule has 0 spiro atoms. The molecular weight excluding hydrogens is 499 g/mol.